The maximum Gasteiger partial charge on any atom is 0.258 e. The van der Waals surface area contributed by atoms with Crippen molar-refractivity contribution in [2.45, 2.75) is 31.8 Å². The van der Waals surface area contributed by atoms with Crippen LogP contribution in [0.3, 0.4) is 0 Å². The van der Waals surface area contributed by atoms with Crippen molar-refractivity contribution in [1.29, 1.82) is 0 Å². The number of hydrogen-bond acceptors (Lipinski definition) is 5. The van der Waals surface area contributed by atoms with Gasteiger partial charge in [0, 0.05) is 34.9 Å². The molecule has 1 aliphatic heterocycles. The van der Waals surface area contributed by atoms with E-state index in [1.807, 2.05) is 23.1 Å². The normalized spacial score (nSPS) is 17.0. The molecule has 0 bridgehead atoms. The summed E-state index contributed by atoms with van der Waals surface area (Å²) in [4.78, 5) is 27.8. The number of anilines is 1. The van der Waals surface area contributed by atoms with Crippen molar-refractivity contribution < 1.29 is 4.79 Å². The fraction of sp³-hybridized carbons (Fsp3) is 0.263. The van der Waals surface area contributed by atoms with Crippen LogP contribution in [0.5, 0.6) is 0 Å². The Morgan fingerprint density at radius 2 is 1.96 bits per heavy atom. The predicted octanol–water partition coefficient (Wildman–Crippen LogP) is 2.78. The monoisotopic (exact) mass is 331 g/mol. The number of aromatic nitrogens is 3. The highest BCUT2D eigenvalue weighted by Gasteiger charge is 2.38. The van der Waals surface area contributed by atoms with Gasteiger partial charge in [0.05, 0.1) is 29.0 Å². The maximum absolute atomic E-state index is 12.8. The summed E-state index contributed by atoms with van der Waals surface area (Å²) in [5.41, 5.74) is 10.9. The van der Waals surface area contributed by atoms with E-state index in [4.69, 9.17) is 10.7 Å². The molecule has 0 radical (unpaired) electrons. The van der Waals surface area contributed by atoms with Crippen LogP contribution in [0.15, 0.2) is 36.9 Å². The first-order valence-electron chi connectivity index (χ1n) is 8.51. The average molecular weight is 331 g/mol. The van der Waals surface area contributed by atoms with Crippen LogP contribution in [0, 0.1) is 0 Å². The SMILES string of the molecule is Nc1c2c(nc3c(-c4cncnc4)cccc13)CN(C1CCC1)C2=O. The molecule has 0 unspecified atom stereocenters. The van der Waals surface area contributed by atoms with E-state index in [0.29, 0.717) is 23.8 Å². The van der Waals surface area contributed by atoms with Crippen LogP contribution in [-0.4, -0.2) is 31.8 Å². The number of nitrogens with two attached hydrogens (primary N) is 1. The van der Waals surface area contributed by atoms with Crippen LogP contribution in [-0.2, 0) is 6.54 Å². The van der Waals surface area contributed by atoms with Gasteiger partial charge in [-0.05, 0) is 19.3 Å². The van der Waals surface area contributed by atoms with E-state index < -0.39 is 0 Å². The van der Waals surface area contributed by atoms with E-state index in [1.165, 1.54) is 12.7 Å². The molecule has 0 atom stereocenters. The molecule has 0 saturated heterocycles. The minimum Gasteiger partial charge on any atom is -0.397 e. The Morgan fingerprint density at radius 1 is 1.16 bits per heavy atom. The van der Waals surface area contributed by atoms with E-state index in [2.05, 4.69) is 9.97 Å². The third kappa shape index (κ3) is 2.03. The van der Waals surface area contributed by atoms with Crippen LogP contribution in [0.25, 0.3) is 22.0 Å². The van der Waals surface area contributed by atoms with Gasteiger partial charge >= 0.3 is 0 Å². The molecule has 1 saturated carbocycles. The quantitative estimate of drug-likeness (QED) is 0.780. The highest BCUT2D eigenvalue weighted by molar-refractivity contribution is 6.11. The molecular weight excluding hydrogens is 314 g/mol. The third-order valence-electron chi connectivity index (χ3n) is 5.31. The zero-order valence-corrected chi connectivity index (χ0v) is 13.6. The summed E-state index contributed by atoms with van der Waals surface area (Å²) in [5.74, 6) is 0.0278. The number of para-hydroxylation sites is 1. The molecule has 3 heterocycles. The highest BCUT2D eigenvalue weighted by atomic mass is 16.2. The molecule has 1 fully saturated rings. The number of fused-ring (bicyclic) bond motifs is 2. The number of rotatable bonds is 2. The molecule has 1 amide bonds. The predicted molar refractivity (Wildman–Crippen MR) is 94.7 cm³/mol. The Morgan fingerprint density at radius 3 is 2.68 bits per heavy atom. The zero-order valence-electron chi connectivity index (χ0n) is 13.6. The molecule has 25 heavy (non-hydrogen) atoms. The van der Waals surface area contributed by atoms with Crippen molar-refractivity contribution >= 4 is 22.5 Å². The molecule has 2 aromatic heterocycles. The number of hydrogen-bond donors (Lipinski definition) is 1. The lowest BCUT2D eigenvalue weighted by atomic mass is 9.92. The lowest BCUT2D eigenvalue weighted by molar-refractivity contribution is 0.0606. The van der Waals surface area contributed by atoms with Gasteiger partial charge < -0.3 is 10.6 Å². The second kappa shape index (κ2) is 5.24. The van der Waals surface area contributed by atoms with E-state index >= 15 is 0 Å². The molecule has 124 valence electrons. The Labute approximate surface area is 144 Å². The van der Waals surface area contributed by atoms with Gasteiger partial charge in [0.15, 0.2) is 0 Å². The first kappa shape index (κ1) is 14.3. The molecule has 5 rings (SSSR count). The highest BCUT2D eigenvalue weighted by Crippen LogP contribution is 2.38. The van der Waals surface area contributed by atoms with Gasteiger partial charge in [0.25, 0.3) is 5.91 Å². The lowest BCUT2D eigenvalue weighted by Crippen LogP contribution is -2.40. The smallest absolute Gasteiger partial charge is 0.258 e. The summed E-state index contributed by atoms with van der Waals surface area (Å²) < 4.78 is 0. The Hall–Kier alpha value is -3.02. The molecule has 6 heteroatoms. The molecule has 0 spiro atoms. The van der Waals surface area contributed by atoms with Crippen LogP contribution in [0.1, 0.15) is 35.3 Å². The minimum absolute atomic E-state index is 0.0278. The number of benzene rings is 1. The van der Waals surface area contributed by atoms with Crippen LogP contribution >= 0.6 is 0 Å². The van der Waals surface area contributed by atoms with E-state index in [1.54, 1.807) is 12.4 Å². The van der Waals surface area contributed by atoms with Crippen LogP contribution < -0.4 is 5.73 Å². The van der Waals surface area contributed by atoms with Crippen molar-refractivity contribution in [2.24, 2.45) is 0 Å². The minimum atomic E-state index is 0.0278. The number of carbonyl (C=O) groups is 1. The molecule has 3 aromatic rings. The van der Waals surface area contributed by atoms with Crippen LogP contribution in [0.4, 0.5) is 5.69 Å². The average Bonchev–Trinajstić information content (AvgIpc) is 2.91. The number of nitrogen functional groups attached to an aromatic ring is 1. The van der Waals surface area contributed by atoms with Crippen molar-refractivity contribution in [3.05, 3.63) is 48.2 Å². The fourth-order valence-electron chi connectivity index (χ4n) is 3.76. The molecule has 1 aromatic carbocycles. The van der Waals surface area contributed by atoms with Gasteiger partial charge in [-0.2, -0.15) is 0 Å². The molecule has 1 aliphatic carbocycles. The lowest BCUT2D eigenvalue weighted by Gasteiger charge is -2.34. The van der Waals surface area contributed by atoms with E-state index in [0.717, 1.165) is 40.6 Å². The van der Waals surface area contributed by atoms with Gasteiger partial charge in [-0.25, -0.2) is 15.0 Å². The number of pyridine rings is 1. The van der Waals surface area contributed by atoms with Crippen molar-refractivity contribution in [3.8, 4) is 11.1 Å². The topological polar surface area (TPSA) is 85.0 Å². The fourth-order valence-corrected chi connectivity index (χ4v) is 3.76. The Balaban J connectivity index is 1.71. The zero-order chi connectivity index (χ0) is 17.0. The largest absolute Gasteiger partial charge is 0.397 e. The third-order valence-corrected chi connectivity index (χ3v) is 5.31. The van der Waals surface area contributed by atoms with Gasteiger partial charge in [-0.1, -0.05) is 18.2 Å². The summed E-state index contributed by atoms with van der Waals surface area (Å²) in [6.07, 6.45) is 8.37. The first-order valence-corrected chi connectivity index (χ1v) is 8.51. The summed E-state index contributed by atoms with van der Waals surface area (Å²) in [5, 5.41) is 0.809. The van der Waals surface area contributed by atoms with Crippen molar-refractivity contribution in [2.75, 3.05) is 5.73 Å². The number of nitrogens with zero attached hydrogens (tertiary/aromatic N) is 4. The van der Waals surface area contributed by atoms with E-state index in [-0.39, 0.29) is 5.91 Å². The second-order valence-electron chi connectivity index (χ2n) is 6.69. The van der Waals surface area contributed by atoms with Crippen molar-refractivity contribution in [1.82, 2.24) is 19.9 Å². The molecule has 2 aliphatic rings. The Kier molecular flexibility index (Phi) is 3.00. The van der Waals surface area contributed by atoms with E-state index in [9.17, 15) is 4.79 Å². The molecule has 6 nitrogen and oxygen atoms in total. The molecular formula is C19H17N5O. The molecule has 2 N–H and O–H groups in total. The van der Waals surface area contributed by atoms with Gasteiger partial charge in [0.1, 0.15) is 6.33 Å². The van der Waals surface area contributed by atoms with Crippen molar-refractivity contribution in [3.63, 3.8) is 0 Å². The van der Waals surface area contributed by atoms with Gasteiger partial charge in [0.2, 0.25) is 0 Å². The summed E-state index contributed by atoms with van der Waals surface area (Å²) in [6, 6.07) is 6.18. The summed E-state index contributed by atoms with van der Waals surface area (Å²) in [7, 11) is 0. The summed E-state index contributed by atoms with van der Waals surface area (Å²) in [6.45, 7) is 0.554. The number of amides is 1. The first-order chi connectivity index (χ1) is 12.2. The summed E-state index contributed by atoms with van der Waals surface area (Å²) >= 11 is 0. The standard InChI is InChI=1S/C19H17N5O/c20-17-14-6-2-5-13(11-7-21-10-22-8-11)18(14)23-15-9-24(12-3-1-4-12)19(25)16(15)17/h2,5-8,10,12H,1,3-4,9H2,(H2,20,23). The van der Waals surface area contributed by atoms with Gasteiger partial charge in [-0.15, -0.1) is 0 Å². The maximum atomic E-state index is 12.8. The number of carbonyl (C=O) groups excluding carboxylic acids is 1. The second-order valence-corrected chi connectivity index (χ2v) is 6.69. The Bertz CT molecular complexity index is 998. The van der Waals surface area contributed by atoms with Crippen LogP contribution in [0.2, 0.25) is 0 Å². The van der Waals surface area contributed by atoms with Gasteiger partial charge in [-0.3, -0.25) is 4.79 Å².